The van der Waals surface area contributed by atoms with Crippen molar-refractivity contribution in [1.82, 2.24) is 5.32 Å². The van der Waals surface area contributed by atoms with E-state index in [4.69, 9.17) is 11.6 Å². The van der Waals surface area contributed by atoms with Crippen LogP contribution in [0.25, 0.3) is 0 Å². The Bertz CT molecular complexity index is 336. The maximum Gasteiger partial charge on any atom is 0.0573 e. The summed E-state index contributed by atoms with van der Waals surface area (Å²) in [7, 11) is 0. The molecule has 0 aromatic heterocycles. The number of aliphatic hydroxyl groups is 1. The maximum absolute atomic E-state index is 9.71. The number of hydrogen-bond donors (Lipinski definition) is 2. The first-order valence-electron chi connectivity index (χ1n) is 5.34. The minimum Gasteiger partial charge on any atom is -0.393 e. The summed E-state index contributed by atoms with van der Waals surface area (Å²) in [6.07, 6.45) is 1.40. The van der Waals surface area contributed by atoms with Crippen LogP contribution in [-0.4, -0.2) is 17.3 Å². The summed E-state index contributed by atoms with van der Waals surface area (Å²) in [6.45, 7) is 2.10. The maximum atomic E-state index is 9.71. The van der Waals surface area contributed by atoms with Crippen molar-refractivity contribution in [1.29, 1.82) is 0 Å². The number of aliphatic hydroxyl groups excluding tert-OH is 1. The standard InChI is InChI=1S/C12H16ClNO.ClH/c1-8-5-11(15)7-12(14-8)9-3-2-4-10(13)6-9;/h2-4,6,8,11-12,14-15H,5,7H2,1H3;1H/t8-,11?,12?;/m1./s1. The molecule has 0 bridgehead atoms. The lowest BCUT2D eigenvalue weighted by Crippen LogP contribution is -2.40. The Morgan fingerprint density at radius 3 is 2.75 bits per heavy atom. The Balaban J connectivity index is 0.00000128. The third-order valence-corrected chi connectivity index (χ3v) is 3.11. The van der Waals surface area contributed by atoms with Crippen molar-refractivity contribution >= 4 is 24.0 Å². The molecule has 2 unspecified atom stereocenters. The fraction of sp³-hybridized carbons (Fsp3) is 0.500. The molecule has 0 aliphatic carbocycles. The van der Waals surface area contributed by atoms with Gasteiger partial charge in [-0.3, -0.25) is 0 Å². The van der Waals surface area contributed by atoms with Crippen molar-refractivity contribution in [2.75, 3.05) is 0 Å². The molecular formula is C12H17Cl2NO. The molecule has 3 atom stereocenters. The van der Waals surface area contributed by atoms with Gasteiger partial charge in [0, 0.05) is 17.1 Å². The van der Waals surface area contributed by atoms with Crippen LogP contribution in [0.15, 0.2) is 24.3 Å². The van der Waals surface area contributed by atoms with Gasteiger partial charge in [0.15, 0.2) is 0 Å². The molecule has 1 heterocycles. The Morgan fingerprint density at radius 1 is 1.38 bits per heavy atom. The Kier molecular flexibility index (Phi) is 5.06. The minimum atomic E-state index is -0.203. The van der Waals surface area contributed by atoms with Crippen molar-refractivity contribution in [3.05, 3.63) is 34.9 Å². The summed E-state index contributed by atoms with van der Waals surface area (Å²) in [5.41, 5.74) is 1.16. The highest BCUT2D eigenvalue weighted by molar-refractivity contribution is 6.30. The van der Waals surface area contributed by atoms with Gasteiger partial charge in [-0.2, -0.15) is 0 Å². The van der Waals surface area contributed by atoms with E-state index in [2.05, 4.69) is 12.2 Å². The van der Waals surface area contributed by atoms with Gasteiger partial charge in [-0.1, -0.05) is 23.7 Å². The van der Waals surface area contributed by atoms with E-state index < -0.39 is 0 Å². The van der Waals surface area contributed by atoms with Crippen LogP contribution in [0.1, 0.15) is 31.4 Å². The van der Waals surface area contributed by atoms with Gasteiger partial charge in [0.05, 0.1) is 6.10 Å². The van der Waals surface area contributed by atoms with Gasteiger partial charge in [0.25, 0.3) is 0 Å². The first-order chi connectivity index (χ1) is 7.15. The van der Waals surface area contributed by atoms with Crippen molar-refractivity contribution in [2.24, 2.45) is 0 Å². The van der Waals surface area contributed by atoms with Crippen LogP contribution in [0.5, 0.6) is 0 Å². The summed E-state index contributed by atoms with van der Waals surface area (Å²) < 4.78 is 0. The average molecular weight is 262 g/mol. The molecule has 16 heavy (non-hydrogen) atoms. The lowest BCUT2D eigenvalue weighted by molar-refractivity contribution is 0.0975. The molecule has 2 nitrogen and oxygen atoms in total. The number of rotatable bonds is 1. The lowest BCUT2D eigenvalue weighted by atomic mass is 9.92. The molecule has 2 rings (SSSR count). The van der Waals surface area contributed by atoms with Crippen molar-refractivity contribution in [2.45, 2.75) is 38.0 Å². The smallest absolute Gasteiger partial charge is 0.0573 e. The van der Waals surface area contributed by atoms with E-state index in [1.54, 1.807) is 0 Å². The van der Waals surface area contributed by atoms with Gasteiger partial charge in [0.1, 0.15) is 0 Å². The predicted octanol–water partition coefficient (Wildman–Crippen LogP) is 2.94. The summed E-state index contributed by atoms with van der Waals surface area (Å²) in [6, 6.07) is 8.41. The second kappa shape index (κ2) is 5.87. The highest BCUT2D eigenvalue weighted by Crippen LogP contribution is 2.27. The Morgan fingerprint density at radius 2 is 2.12 bits per heavy atom. The summed E-state index contributed by atoms with van der Waals surface area (Å²) in [5, 5.41) is 13.9. The normalized spacial score (nSPS) is 29.6. The Labute approximate surface area is 107 Å². The van der Waals surface area contributed by atoms with E-state index in [0.717, 1.165) is 23.4 Å². The molecular weight excluding hydrogens is 245 g/mol. The molecule has 90 valence electrons. The number of piperidine rings is 1. The van der Waals surface area contributed by atoms with E-state index in [0.29, 0.717) is 6.04 Å². The number of halogens is 2. The van der Waals surface area contributed by atoms with Gasteiger partial charge in [-0.25, -0.2) is 0 Å². The zero-order valence-electron chi connectivity index (χ0n) is 9.19. The quantitative estimate of drug-likeness (QED) is 0.815. The van der Waals surface area contributed by atoms with Crippen LogP contribution >= 0.6 is 24.0 Å². The van der Waals surface area contributed by atoms with Crippen LogP contribution in [0.4, 0.5) is 0 Å². The number of benzene rings is 1. The van der Waals surface area contributed by atoms with Crippen LogP contribution in [0.2, 0.25) is 5.02 Å². The number of nitrogens with one attached hydrogen (secondary N) is 1. The first kappa shape index (κ1) is 13.8. The van der Waals surface area contributed by atoms with Gasteiger partial charge in [0.2, 0.25) is 0 Å². The fourth-order valence-corrected chi connectivity index (χ4v) is 2.41. The van der Waals surface area contributed by atoms with E-state index in [1.807, 2.05) is 24.3 Å². The summed E-state index contributed by atoms with van der Waals surface area (Å²) in [4.78, 5) is 0. The molecule has 4 heteroatoms. The topological polar surface area (TPSA) is 32.3 Å². The second-order valence-corrected chi connectivity index (χ2v) is 4.74. The highest BCUT2D eigenvalue weighted by atomic mass is 35.5. The van der Waals surface area contributed by atoms with Crippen molar-refractivity contribution < 1.29 is 5.11 Å². The molecule has 0 radical (unpaired) electrons. The van der Waals surface area contributed by atoms with E-state index in [1.165, 1.54) is 0 Å². The second-order valence-electron chi connectivity index (χ2n) is 4.30. The van der Waals surface area contributed by atoms with Gasteiger partial charge in [-0.05, 0) is 37.5 Å². The molecule has 0 amide bonds. The molecule has 1 aliphatic heterocycles. The minimum absolute atomic E-state index is 0. The van der Waals surface area contributed by atoms with Gasteiger partial charge in [-0.15, -0.1) is 12.4 Å². The van der Waals surface area contributed by atoms with Crippen molar-refractivity contribution in [3.8, 4) is 0 Å². The molecule has 0 saturated carbocycles. The summed E-state index contributed by atoms with van der Waals surface area (Å²) in [5.74, 6) is 0. The first-order valence-corrected chi connectivity index (χ1v) is 5.72. The average Bonchev–Trinajstić information content (AvgIpc) is 2.16. The zero-order valence-corrected chi connectivity index (χ0v) is 10.8. The molecule has 1 fully saturated rings. The third kappa shape index (κ3) is 3.36. The largest absolute Gasteiger partial charge is 0.393 e. The molecule has 1 aromatic rings. The van der Waals surface area contributed by atoms with Crippen molar-refractivity contribution in [3.63, 3.8) is 0 Å². The number of hydrogen-bond acceptors (Lipinski definition) is 2. The molecule has 1 aliphatic rings. The van der Waals surface area contributed by atoms with E-state index >= 15 is 0 Å². The molecule has 2 N–H and O–H groups in total. The van der Waals surface area contributed by atoms with Gasteiger partial charge >= 0.3 is 0 Å². The Hall–Kier alpha value is -0.280. The van der Waals surface area contributed by atoms with Crippen LogP contribution < -0.4 is 5.32 Å². The molecule has 0 spiro atoms. The third-order valence-electron chi connectivity index (χ3n) is 2.87. The summed E-state index contributed by atoms with van der Waals surface area (Å²) >= 11 is 5.95. The van der Waals surface area contributed by atoms with Crippen LogP contribution in [0.3, 0.4) is 0 Å². The zero-order chi connectivity index (χ0) is 10.8. The molecule has 1 saturated heterocycles. The fourth-order valence-electron chi connectivity index (χ4n) is 2.21. The molecule has 1 aromatic carbocycles. The van der Waals surface area contributed by atoms with Crippen LogP contribution in [0, 0.1) is 0 Å². The predicted molar refractivity (Wildman–Crippen MR) is 69.3 cm³/mol. The SMILES string of the molecule is C[C@@H]1CC(O)CC(c2cccc(Cl)c2)N1.Cl. The van der Waals surface area contributed by atoms with E-state index in [-0.39, 0.29) is 24.6 Å². The monoisotopic (exact) mass is 261 g/mol. The van der Waals surface area contributed by atoms with Gasteiger partial charge < -0.3 is 10.4 Å². The van der Waals surface area contributed by atoms with Crippen LogP contribution in [-0.2, 0) is 0 Å². The lowest BCUT2D eigenvalue weighted by Gasteiger charge is -2.32. The highest BCUT2D eigenvalue weighted by Gasteiger charge is 2.25. The van der Waals surface area contributed by atoms with E-state index in [9.17, 15) is 5.11 Å².